The number of alkyl carbamates (subject to hydrolysis) is 1. The molecule has 0 bridgehead atoms. The molecule has 1 aromatic rings. The van der Waals surface area contributed by atoms with Crippen LogP contribution in [0.3, 0.4) is 0 Å². The third-order valence-corrected chi connectivity index (χ3v) is 2.81. The van der Waals surface area contributed by atoms with Gasteiger partial charge in [0.25, 0.3) is 0 Å². The van der Waals surface area contributed by atoms with E-state index < -0.39 is 24.1 Å². The van der Waals surface area contributed by atoms with Crippen molar-refractivity contribution in [3.05, 3.63) is 35.9 Å². The maximum atomic E-state index is 11.6. The number of esters is 1. The Hall–Kier alpha value is -2.57. The lowest BCUT2D eigenvalue weighted by molar-refractivity contribution is -0.148. The van der Waals surface area contributed by atoms with Gasteiger partial charge in [-0.3, -0.25) is 4.79 Å². The van der Waals surface area contributed by atoms with Crippen molar-refractivity contribution in [2.75, 3.05) is 0 Å². The first-order valence-electron chi connectivity index (χ1n) is 7.28. The predicted octanol–water partition coefficient (Wildman–Crippen LogP) is 2.10. The van der Waals surface area contributed by atoms with Crippen molar-refractivity contribution in [2.45, 2.75) is 45.4 Å². The topological polar surface area (TPSA) is 102 Å². The number of amides is 1. The van der Waals surface area contributed by atoms with Crippen LogP contribution in [-0.2, 0) is 25.7 Å². The zero-order valence-corrected chi connectivity index (χ0v) is 13.2. The summed E-state index contributed by atoms with van der Waals surface area (Å²) in [4.78, 5) is 34.2. The highest BCUT2D eigenvalue weighted by Gasteiger charge is 2.22. The minimum Gasteiger partial charge on any atom is -0.480 e. The highest BCUT2D eigenvalue weighted by Crippen LogP contribution is 2.04. The normalized spacial score (nSPS) is 11.6. The number of rotatable bonds is 8. The largest absolute Gasteiger partial charge is 0.480 e. The maximum Gasteiger partial charge on any atom is 0.408 e. The van der Waals surface area contributed by atoms with Gasteiger partial charge in [0.2, 0.25) is 0 Å². The number of carboxylic acid groups (broad SMARTS) is 1. The molecule has 1 aromatic carbocycles. The minimum atomic E-state index is -1.24. The number of carboxylic acids is 1. The van der Waals surface area contributed by atoms with Gasteiger partial charge in [-0.2, -0.15) is 0 Å². The molecule has 1 rings (SSSR count). The second-order valence-corrected chi connectivity index (χ2v) is 5.17. The molecule has 0 aliphatic rings. The number of ether oxygens (including phenoxy) is 2. The van der Waals surface area contributed by atoms with Crippen LogP contribution in [0.2, 0.25) is 0 Å². The molecule has 0 radical (unpaired) electrons. The molecule has 0 heterocycles. The second-order valence-electron chi connectivity index (χ2n) is 5.17. The summed E-state index contributed by atoms with van der Waals surface area (Å²) in [5, 5.41) is 11.3. The standard InChI is InChI=1S/C16H21NO6/c1-11(2)23-14(18)9-8-13(15(19)20)17-16(21)22-10-12-6-4-3-5-7-12/h3-7,11,13H,8-10H2,1-2H3,(H,17,21)(H,19,20)/t13-/m0/s1. The van der Waals surface area contributed by atoms with E-state index in [0.717, 1.165) is 5.56 Å². The summed E-state index contributed by atoms with van der Waals surface area (Å²) in [7, 11) is 0. The van der Waals surface area contributed by atoms with Gasteiger partial charge in [0.1, 0.15) is 12.6 Å². The first-order valence-corrected chi connectivity index (χ1v) is 7.28. The fraction of sp³-hybridized carbons (Fsp3) is 0.438. The molecule has 7 nitrogen and oxygen atoms in total. The van der Waals surface area contributed by atoms with Crippen molar-refractivity contribution in [1.82, 2.24) is 5.32 Å². The Morgan fingerprint density at radius 1 is 1.17 bits per heavy atom. The number of hydrogen-bond acceptors (Lipinski definition) is 5. The average Bonchev–Trinajstić information content (AvgIpc) is 2.49. The number of carbonyl (C=O) groups is 3. The third-order valence-electron chi connectivity index (χ3n) is 2.81. The van der Waals surface area contributed by atoms with Crippen molar-refractivity contribution in [2.24, 2.45) is 0 Å². The SMILES string of the molecule is CC(C)OC(=O)CC[C@H](NC(=O)OCc1ccccc1)C(=O)O. The Morgan fingerprint density at radius 2 is 1.83 bits per heavy atom. The van der Waals surface area contributed by atoms with Crippen molar-refractivity contribution < 1.29 is 29.0 Å². The number of hydrogen-bond donors (Lipinski definition) is 2. The van der Waals surface area contributed by atoms with Gasteiger partial charge in [-0.15, -0.1) is 0 Å². The molecule has 0 aliphatic heterocycles. The van der Waals surface area contributed by atoms with E-state index >= 15 is 0 Å². The van der Waals surface area contributed by atoms with Crippen LogP contribution in [0, 0.1) is 0 Å². The lowest BCUT2D eigenvalue weighted by Crippen LogP contribution is -2.41. The van der Waals surface area contributed by atoms with E-state index in [1.54, 1.807) is 38.1 Å². The monoisotopic (exact) mass is 323 g/mol. The summed E-state index contributed by atoms with van der Waals surface area (Å²) in [6.45, 7) is 3.44. The van der Waals surface area contributed by atoms with Crippen molar-refractivity contribution in [3.8, 4) is 0 Å². The lowest BCUT2D eigenvalue weighted by Gasteiger charge is -2.15. The molecule has 2 N–H and O–H groups in total. The lowest BCUT2D eigenvalue weighted by atomic mass is 10.1. The van der Waals surface area contributed by atoms with Gasteiger partial charge in [0.15, 0.2) is 0 Å². The Labute approximate surface area is 134 Å². The summed E-state index contributed by atoms with van der Waals surface area (Å²) >= 11 is 0. The molecule has 7 heteroatoms. The molecule has 0 aliphatic carbocycles. The number of benzene rings is 1. The first-order chi connectivity index (χ1) is 10.9. The van der Waals surface area contributed by atoms with Crippen molar-refractivity contribution >= 4 is 18.0 Å². The summed E-state index contributed by atoms with van der Waals surface area (Å²) in [5.74, 6) is -1.75. The highest BCUT2D eigenvalue weighted by atomic mass is 16.6. The summed E-state index contributed by atoms with van der Waals surface area (Å²) in [5.41, 5.74) is 0.787. The van der Waals surface area contributed by atoms with Crippen molar-refractivity contribution in [1.29, 1.82) is 0 Å². The zero-order chi connectivity index (χ0) is 17.2. The fourth-order valence-corrected chi connectivity index (χ4v) is 1.75. The molecule has 0 spiro atoms. The Balaban J connectivity index is 2.41. The molecular formula is C16H21NO6. The van der Waals surface area contributed by atoms with Gasteiger partial charge in [-0.1, -0.05) is 30.3 Å². The molecule has 0 unspecified atom stereocenters. The Bertz CT molecular complexity index is 529. The van der Waals surface area contributed by atoms with Crippen LogP contribution in [0.1, 0.15) is 32.3 Å². The van der Waals surface area contributed by atoms with E-state index in [2.05, 4.69) is 5.32 Å². The smallest absolute Gasteiger partial charge is 0.408 e. The first kappa shape index (κ1) is 18.5. The molecule has 0 saturated heterocycles. The van der Waals surface area contributed by atoms with Crippen LogP contribution in [0.15, 0.2) is 30.3 Å². The van der Waals surface area contributed by atoms with Crippen LogP contribution in [0.5, 0.6) is 0 Å². The van der Waals surface area contributed by atoms with Crippen LogP contribution in [-0.4, -0.2) is 35.3 Å². The number of carbonyl (C=O) groups excluding carboxylic acids is 2. The van der Waals surface area contributed by atoms with Gasteiger partial charge in [-0.25, -0.2) is 9.59 Å². The van der Waals surface area contributed by atoms with E-state index in [1.165, 1.54) is 0 Å². The Morgan fingerprint density at radius 3 is 2.39 bits per heavy atom. The number of nitrogens with one attached hydrogen (secondary N) is 1. The molecule has 0 saturated carbocycles. The zero-order valence-electron chi connectivity index (χ0n) is 13.2. The fourth-order valence-electron chi connectivity index (χ4n) is 1.75. The molecule has 1 atom stereocenters. The summed E-state index contributed by atoms with van der Waals surface area (Å²) in [6.07, 6.45) is -1.29. The number of aliphatic carboxylic acids is 1. The van der Waals surface area contributed by atoms with E-state index in [9.17, 15) is 14.4 Å². The van der Waals surface area contributed by atoms with Crippen LogP contribution in [0.4, 0.5) is 4.79 Å². The molecule has 0 aromatic heterocycles. The van der Waals surface area contributed by atoms with Crippen LogP contribution >= 0.6 is 0 Å². The van der Waals surface area contributed by atoms with Gasteiger partial charge in [-0.05, 0) is 25.8 Å². The maximum absolute atomic E-state index is 11.6. The summed E-state index contributed by atoms with van der Waals surface area (Å²) < 4.78 is 9.87. The van der Waals surface area contributed by atoms with E-state index in [0.29, 0.717) is 0 Å². The average molecular weight is 323 g/mol. The Kier molecular flexibility index (Phi) is 7.59. The summed E-state index contributed by atoms with van der Waals surface area (Å²) in [6, 6.07) is 7.79. The third kappa shape index (κ3) is 7.85. The quantitative estimate of drug-likeness (QED) is 0.710. The van der Waals surface area contributed by atoms with Gasteiger partial charge < -0.3 is 19.9 Å². The van der Waals surface area contributed by atoms with Gasteiger partial charge in [0.05, 0.1) is 6.10 Å². The van der Waals surface area contributed by atoms with E-state index in [-0.39, 0.29) is 25.6 Å². The second kappa shape index (κ2) is 9.45. The molecule has 0 fully saturated rings. The van der Waals surface area contributed by atoms with Gasteiger partial charge in [0, 0.05) is 6.42 Å². The molecule has 1 amide bonds. The molecule has 126 valence electrons. The predicted molar refractivity (Wildman–Crippen MR) is 81.6 cm³/mol. The van der Waals surface area contributed by atoms with Crippen molar-refractivity contribution in [3.63, 3.8) is 0 Å². The highest BCUT2D eigenvalue weighted by molar-refractivity contribution is 5.80. The van der Waals surface area contributed by atoms with E-state index in [1.807, 2.05) is 6.07 Å². The van der Waals surface area contributed by atoms with Crippen LogP contribution < -0.4 is 5.32 Å². The molecule has 23 heavy (non-hydrogen) atoms. The van der Waals surface area contributed by atoms with Crippen LogP contribution in [0.25, 0.3) is 0 Å². The molecular weight excluding hydrogens is 302 g/mol. The van der Waals surface area contributed by atoms with Gasteiger partial charge >= 0.3 is 18.0 Å². The van der Waals surface area contributed by atoms with E-state index in [4.69, 9.17) is 14.6 Å². The minimum absolute atomic E-state index is 0.0361.